The Bertz CT molecular complexity index is 629. The molecule has 7 nitrogen and oxygen atoms in total. The van der Waals surface area contributed by atoms with Crippen LogP contribution in [0.15, 0.2) is 23.1 Å². The highest BCUT2D eigenvalue weighted by Gasteiger charge is 2.19. The first-order valence-electron chi connectivity index (χ1n) is 7.49. The Balaban J connectivity index is 2.92. The van der Waals surface area contributed by atoms with Crippen LogP contribution in [0, 0.1) is 0 Å². The third kappa shape index (κ3) is 6.17. The average molecular weight is 344 g/mol. The van der Waals surface area contributed by atoms with Crippen molar-refractivity contribution >= 4 is 21.7 Å². The second-order valence-electron chi connectivity index (χ2n) is 5.27. The van der Waals surface area contributed by atoms with E-state index in [1.807, 2.05) is 6.92 Å². The monoisotopic (exact) mass is 344 g/mol. The van der Waals surface area contributed by atoms with E-state index in [0.717, 1.165) is 12.5 Å². The molecule has 0 spiro atoms. The molecule has 0 amide bonds. The number of nitrogens with one attached hydrogen (secondary N) is 2. The summed E-state index contributed by atoms with van der Waals surface area (Å²) >= 11 is 0. The number of carboxylic acids is 1. The minimum absolute atomic E-state index is 0.0662. The molecule has 0 saturated heterocycles. The summed E-state index contributed by atoms with van der Waals surface area (Å²) in [6, 6.07) is 3.75. The second kappa shape index (κ2) is 8.85. The molecular formula is C15H24N2O5S. The first-order chi connectivity index (χ1) is 10.8. The van der Waals surface area contributed by atoms with E-state index in [0.29, 0.717) is 25.4 Å². The number of rotatable bonds is 10. The molecule has 0 aliphatic carbocycles. The molecule has 1 aromatic rings. The maximum atomic E-state index is 12.1. The minimum Gasteiger partial charge on any atom is -0.478 e. The van der Waals surface area contributed by atoms with Gasteiger partial charge in [0.1, 0.15) is 0 Å². The van der Waals surface area contributed by atoms with Gasteiger partial charge in [0.05, 0.1) is 10.5 Å². The predicted molar refractivity (Wildman–Crippen MR) is 88.5 cm³/mol. The van der Waals surface area contributed by atoms with Crippen LogP contribution in [0.25, 0.3) is 0 Å². The molecule has 0 aliphatic rings. The van der Waals surface area contributed by atoms with Gasteiger partial charge in [-0.25, -0.2) is 17.9 Å². The fraction of sp³-hybridized carbons (Fsp3) is 0.533. The largest absolute Gasteiger partial charge is 0.478 e. The standard InChI is InChI=1S/C15H24N2O5S/c1-4-22-9-5-8-16-14-7-6-12(10-13(14)15(18)19)23(20,21)17-11(2)3/h6-7,10-11,16-17H,4-5,8-9H2,1-3H3,(H,18,19). The van der Waals surface area contributed by atoms with Gasteiger partial charge in [-0.15, -0.1) is 0 Å². The third-order valence-corrected chi connectivity index (χ3v) is 4.56. The van der Waals surface area contributed by atoms with E-state index in [2.05, 4.69) is 10.0 Å². The molecule has 0 heterocycles. The van der Waals surface area contributed by atoms with Crippen molar-refractivity contribution in [3.8, 4) is 0 Å². The van der Waals surface area contributed by atoms with Gasteiger partial charge in [-0.05, 0) is 45.4 Å². The molecule has 130 valence electrons. The maximum Gasteiger partial charge on any atom is 0.337 e. The molecule has 0 aliphatic heterocycles. The summed E-state index contributed by atoms with van der Waals surface area (Å²) in [4.78, 5) is 11.3. The van der Waals surface area contributed by atoms with Gasteiger partial charge in [0.25, 0.3) is 0 Å². The Hall–Kier alpha value is -1.64. The topological polar surface area (TPSA) is 105 Å². The van der Waals surface area contributed by atoms with Crippen molar-refractivity contribution in [1.82, 2.24) is 4.72 Å². The molecule has 0 bridgehead atoms. The Morgan fingerprint density at radius 1 is 1.35 bits per heavy atom. The number of sulfonamides is 1. The van der Waals surface area contributed by atoms with E-state index < -0.39 is 16.0 Å². The Kier molecular flexibility index (Phi) is 7.47. The highest BCUT2D eigenvalue weighted by Crippen LogP contribution is 2.21. The van der Waals surface area contributed by atoms with Crippen LogP contribution < -0.4 is 10.0 Å². The number of aromatic carboxylic acids is 1. The van der Waals surface area contributed by atoms with Crippen molar-refractivity contribution in [3.63, 3.8) is 0 Å². The van der Waals surface area contributed by atoms with E-state index in [-0.39, 0.29) is 16.5 Å². The average Bonchev–Trinajstić information content (AvgIpc) is 2.45. The third-order valence-electron chi connectivity index (χ3n) is 2.91. The lowest BCUT2D eigenvalue weighted by Gasteiger charge is -2.13. The molecule has 1 aromatic carbocycles. The van der Waals surface area contributed by atoms with Crippen molar-refractivity contribution in [3.05, 3.63) is 23.8 Å². The first-order valence-corrected chi connectivity index (χ1v) is 8.97. The smallest absolute Gasteiger partial charge is 0.337 e. The number of hydrogen-bond acceptors (Lipinski definition) is 5. The molecule has 0 atom stereocenters. The Morgan fingerprint density at radius 3 is 2.61 bits per heavy atom. The first kappa shape index (κ1) is 19.4. The molecule has 3 N–H and O–H groups in total. The molecule has 23 heavy (non-hydrogen) atoms. The molecular weight excluding hydrogens is 320 g/mol. The highest BCUT2D eigenvalue weighted by molar-refractivity contribution is 7.89. The lowest BCUT2D eigenvalue weighted by Crippen LogP contribution is -2.30. The van der Waals surface area contributed by atoms with Gasteiger partial charge in [-0.3, -0.25) is 0 Å². The summed E-state index contributed by atoms with van der Waals surface area (Å²) in [5.41, 5.74) is 0.311. The predicted octanol–water partition coefficient (Wildman–Crippen LogP) is 1.91. The van der Waals surface area contributed by atoms with Crippen LogP contribution in [-0.2, 0) is 14.8 Å². The number of carbonyl (C=O) groups is 1. The minimum atomic E-state index is -3.73. The van der Waals surface area contributed by atoms with Gasteiger partial charge in [0.15, 0.2) is 0 Å². The van der Waals surface area contributed by atoms with Gasteiger partial charge in [0, 0.05) is 31.5 Å². The molecule has 0 saturated carbocycles. The van der Waals surface area contributed by atoms with Crippen LogP contribution in [0.4, 0.5) is 5.69 Å². The van der Waals surface area contributed by atoms with Crippen LogP contribution in [0.3, 0.4) is 0 Å². The lowest BCUT2D eigenvalue weighted by atomic mass is 10.2. The number of carboxylic acid groups (broad SMARTS) is 1. The zero-order chi connectivity index (χ0) is 17.5. The fourth-order valence-corrected chi connectivity index (χ4v) is 3.22. The maximum absolute atomic E-state index is 12.1. The van der Waals surface area contributed by atoms with Crippen molar-refractivity contribution in [1.29, 1.82) is 0 Å². The summed E-state index contributed by atoms with van der Waals surface area (Å²) in [6.07, 6.45) is 0.724. The molecule has 0 unspecified atom stereocenters. The van der Waals surface area contributed by atoms with Crippen molar-refractivity contribution in [2.45, 2.75) is 38.1 Å². The fourth-order valence-electron chi connectivity index (χ4n) is 1.94. The van der Waals surface area contributed by atoms with Gasteiger partial charge in [0.2, 0.25) is 10.0 Å². The van der Waals surface area contributed by atoms with E-state index in [1.54, 1.807) is 13.8 Å². The molecule has 0 aromatic heterocycles. The number of anilines is 1. The van der Waals surface area contributed by atoms with E-state index in [1.165, 1.54) is 12.1 Å². The number of benzene rings is 1. The van der Waals surface area contributed by atoms with Crippen LogP contribution in [0.1, 0.15) is 37.6 Å². The van der Waals surface area contributed by atoms with Crippen LogP contribution in [0.5, 0.6) is 0 Å². The molecule has 1 rings (SSSR count). The zero-order valence-electron chi connectivity index (χ0n) is 13.6. The van der Waals surface area contributed by atoms with E-state index >= 15 is 0 Å². The molecule has 0 fully saturated rings. The number of hydrogen-bond donors (Lipinski definition) is 3. The van der Waals surface area contributed by atoms with Crippen molar-refractivity contribution in [2.24, 2.45) is 0 Å². The van der Waals surface area contributed by atoms with Gasteiger partial charge in [-0.2, -0.15) is 0 Å². The van der Waals surface area contributed by atoms with Crippen LogP contribution >= 0.6 is 0 Å². The number of ether oxygens (including phenoxy) is 1. The zero-order valence-corrected chi connectivity index (χ0v) is 14.4. The normalized spacial score (nSPS) is 11.7. The second-order valence-corrected chi connectivity index (χ2v) is 6.98. The summed E-state index contributed by atoms with van der Waals surface area (Å²) < 4.78 is 31.9. The van der Waals surface area contributed by atoms with Gasteiger partial charge < -0.3 is 15.2 Å². The van der Waals surface area contributed by atoms with Crippen molar-refractivity contribution in [2.75, 3.05) is 25.1 Å². The SMILES string of the molecule is CCOCCCNc1ccc(S(=O)(=O)NC(C)C)cc1C(=O)O. The lowest BCUT2D eigenvalue weighted by molar-refractivity contribution is 0.0697. The molecule has 0 radical (unpaired) electrons. The summed E-state index contributed by atoms with van der Waals surface area (Å²) in [5, 5.41) is 12.3. The quantitative estimate of drug-likeness (QED) is 0.560. The Labute approximate surface area is 137 Å². The van der Waals surface area contributed by atoms with E-state index in [4.69, 9.17) is 4.74 Å². The van der Waals surface area contributed by atoms with E-state index in [9.17, 15) is 18.3 Å². The Morgan fingerprint density at radius 2 is 2.04 bits per heavy atom. The summed E-state index contributed by atoms with van der Waals surface area (Å²) in [7, 11) is -3.73. The summed E-state index contributed by atoms with van der Waals surface area (Å²) in [6.45, 7) is 7.05. The molecule has 8 heteroatoms. The van der Waals surface area contributed by atoms with Crippen LogP contribution in [0.2, 0.25) is 0 Å². The van der Waals surface area contributed by atoms with Crippen LogP contribution in [-0.4, -0.2) is 45.3 Å². The van der Waals surface area contributed by atoms with Gasteiger partial charge in [-0.1, -0.05) is 0 Å². The van der Waals surface area contributed by atoms with Crippen molar-refractivity contribution < 1.29 is 23.1 Å². The summed E-state index contributed by atoms with van der Waals surface area (Å²) in [5.74, 6) is -1.18. The van der Waals surface area contributed by atoms with Gasteiger partial charge >= 0.3 is 5.97 Å². The highest BCUT2D eigenvalue weighted by atomic mass is 32.2.